The van der Waals surface area contributed by atoms with E-state index in [4.69, 9.17) is 0 Å². The summed E-state index contributed by atoms with van der Waals surface area (Å²) in [4.78, 5) is 13.5. The Labute approximate surface area is 101 Å². The highest BCUT2D eigenvalue weighted by Gasteiger charge is 2.05. The number of nitrogens with one attached hydrogen (secondary N) is 2. The van der Waals surface area contributed by atoms with E-state index in [1.165, 1.54) is 16.2 Å². The summed E-state index contributed by atoms with van der Waals surface area (Å²) in [5.74, 6) is 0.0409. The molecule has 15 heavy (non-hydrogen) atoms. The quantitative estimate of drug-likeness (QED) is 0.781. The molecule has 0 saturated heterocycles. The molecule has 0 radical (unpaired) electrons. The number of carbonyl (C=O) groups excluding carboxylic acids is 1. The monoisotopic (exact) mass is 248 g/mol. The first-order valence-corrected chi connectivity index (χ1v) is 5.55. The number of carbonyl (C=O) groups is 1. The van der Waals surface area contributed by atoms with E-state index < -0.39 is 0 Å². The Morgan fingerprint density at radius 2 is 2.13 bits per heavy atom. The van der Waals surface area contributed by atoms with Crippen LogP contribution in [0.25, 0.3) is 0 Å². The van der Waals surface area contributed by atoms with Crippen molar-refractivity contribution in [1.82, 2.24) is 10.6 Å². The van der Waals surface area contributed by atoms with E-state index in [0.717, 1.165) is 24.4 Å². The number of thiophene rings is 1. The Balaban J connectivity index is 0.00000196. The lowest BCUT2D eigenvalue weighted by Crippen LogP contribution is -2.25. The highest BCUT2D eigenvalue weighted by atomic mass is 35.5. The average molecular weight is 249 g/mol. The summed E-state index contributed by atoms with van der Waals surface area (Å²) in [5, 5.41) is 5.92. The number of halogens is 1. The minimum atomic E-state index is 0. The first-order chi connectivity index (χ1) is 6.74. The van der Waals surface area contributed by atoms with Crippen LogP contribution in [0.15, 0.2) is 12.1 Å². The molecule has 1 aromatic rings. The Morgan fingerprint density at radius 1 is 1.40 bits per heavy atom. The molecule has 86 valence electrons. The summed E-state index contributed by atoms with van der Waals surface area (Å²) in [6.45, 7) is 3.67. The van der Waals surface area contributed by atoms with Gasteiger partial charge in [-0.25, -0.2) is 0 Å². The van der Waals surface area contributed by atoms with Crippen LogP contribution in [0.4, 0.5) is 0 Å². The number of aryl methyl sites for hydroxylation is 1. The van der Waals surface area contributed by atoms with E-state index >= 15 is 0 Å². The number of hydrogen-bond donors (Lipinski definition) is 2. The Bertz CT molecular complexity index is 301. The van der Waals surface area contributed by atoms with Crippen molar-refractivity contribution in [3.8, 4) is 0 Å². The summed E-state index contributed by atoms with van der Waals surface area (Å²) in [6.07, 6.45) is 0.965. The summed E-state index contributed by atoms with van der Waals surface area (Å²) in [7, 11) is 1.91. The molecule has 1 aromatic heterocycles. The summed E-state index contributed by atoms with van der Waals surface area (Å²) in [6, 6.07) is 3.83. The predicted molar refractivity (Wildman–Crippen MR) is 67.2 cm³/mol. The molecule has 0 aromatic carbocycles. The molecule has 1 amide bonds. The van der Waals surface area contributed by atoms with Crippen molar-refractivity contribution in [3.63, 3.8) is 0 Å². The minimum Gasteiger partial charge on any atom is -0.351 e. The Morgan fingerprint density at radius 3 is 2.67 bits per heavy atom. The first-order valence-electron chi connectivity index (χ1n) is 4.73. The SMILES string of the molecule is CNCCCNC(=O)c1ccc(C)s1.Cl. The zero-order chi connectivity index (χ0) is 10.4. The third kappa shape index (κ3) is 5.16. The molecule has 0 spiro atoms. The van der Waals surface area contributed by atoms with Gasteiger partial charge in [0.05, 0.1) is 4.88 Å². The smallest absolute Gasteiger partial charge is 0.261 e. The zero-order valence-electron chi connectivity index (χ0n) is 9.00. The molecule has 0 fully saturated rings. The number of rotatable bonds is 5. The van der Waals surface area contributed by atoms with Crippen molar-refractivity contribution < 1.29 is 4.79 Å². The largest absolute Gasteiger partial charge is 0.351 e. The lowest BCUT2D eigenvalue weighted by Gasteiger charge is -2.02. The van der Waals surface area contributed by atoms with Gasteiger partial charge in [0.25, 0.3) is 5.91 Å². The fraction of sp³-hybridized carbons (Fsp3) is 0.500. The van der Waals surface area contributed by atoms with Gasteiger partial charge in [-0.05, 0) is 39.1 Å². The van der Waals surface area contributed by atoms with Gasteiger partial charge in [0.2, 0.25) is 0 Å². The molecule has 0 aliphatic carbocycles. The van der Waals surface area contributed by atoms with Crippen LogP contribution in [0.5, 0.6) is 0 Å². The molecular formula is C10H17ClN2OS. The normalized spacial score (nSPS) is 9.47. The molecule has 0 aliphatic rings. The fourth-order valence-electron chi connectivity index (χ4n) is 1.11. The highest BCUT2D eigenvalue weighted by molar-refractivity contribution is 7.13. The minimum absolute atomic E-state index is 0. The van der Waals surface area contributed by atoms with Crippen molar-refractivity contribution in [2.45, 2.75) is 13.3 Å². The number of amides is 1. The van der Waals surface area contributed by atoms with Crippen molar-refractivity contribution in [3.05, 3.63) is 21.9 Å². The van der Waals surface area contributed by atoms with Gasteiger partial charge in [0, 0.05) is 11.4 Å². The Kier molecular flexibility index (Phi) is 7.38. The van der Waals surface area contributed by atoms with Crippen LogP contribution in [0.1, 0.15) is 21.0 Å². The third-order valence-electron chi connectivity index (χ3n) is 1.85. The maximum absolute atomic E-state index is 11.5. The van der Waals surface area contributed by atoms with Gasteiger partial charge in [-0.2, -0.15) is 0 Å². The number of hydrogen-bond acceptors (Lipinski definition) is 3. The van der Waals surface area contributed by atoms with Crippen molar-refractivity contribution in [2.75, 3.05) is 20.1 Å². The van der Waals surface area contributed by atoms with E-state index in [1.54, 1.807) is 0 Å². The molecule has 1 heterocycles. The maximum Gasteiger partial charge on any atom is 0.261 e. The van der Waals surface area contributed by atoms with E-state index in [-0.39, 0.29) is 18.3 Å². The van der Waals surface area contributed by atoms with Crippen LogP contribution in [-0.2, 0) is 0 Å². The van der Waals surface area contributed by atoms with E-state index in [2.05, 4.69) is 10.6 Å². The molecule has 0 aliphatic heterocycles. The fourth-order valence-corrected chi connectivity index (χ4v) is 1.89. The highest BCUT2D eigenvalue weighted by Crippen LogP contribution is 2.14. The van der Waals surface area contributed by atoms with Gasteiger partial charge in [-0.1, -0.05) is 0 Å². The molecule has 0 unspecified atom stereocenters. The van der Waals surface area contributed by atoms with E-state index in [0.29, 0.717) is 0 Å². The predicted octanol–water partition coefficient (Wildman–Crippen LogP) is 1.82. The molecule has 0 atom stereocenters. The van der Waals surface area contributed by atoms with Gasteiger partial charge in [0.1, 0.15) is 0 Å². The van der Waals surface area contributed by atoms with Crippen LogP contribution in [-0.4, -0.2) is 26.0 Å². The van der Waals surface area contributed by atoms with E-state index in [1.807, 2.05) is 26.1 Å². The van der Waals surface area contributed by atoms with Crippen LogP contribution >= 0.6 is 23.7 Å². The summed E-state index contributed by atoms with van der Waals surface area (Å²) < 4.78 is 0. The zero-order valence-corrected chi connectivity index (χ0v) is 10.6. The average Bonchev–Trinajstić information content (AvgIpc) is 2.59. The van der Waals surface area contributed by atoms with Gasteiger partial charge in [-0.3, -0.25) is 4.79 Å². The third-order valence-corrected chi connectivity index (χ3v) is 2.85. The Hall–Kier alpha value is -0.580. The topological polar surface area (TPSA) is 41.1 Å². The van der Waals surface area contributed by atoms with Crippen molar-refractivity contribution in [2.24, 2.45) is 0 Å². The lowest BCUT2D eigenvalue weighted by molar-refractivity contribution is 0.0957. The summed E-state index contributed by atoms with van der Waals surface area (Å²) >= 11 is 1.53. The van der Waals surface area contributed by atoms with Gasteiger partial charge in [0.15, 0.2) is 0 Å². The second-order valence-corrected chi connectivity index (χ2v) is 4.41. The van der Waals surface area contributed by atoms with Crippen LogP contribution in [0.2, 0.25) is 0 Å². The van der Waals surface area contributed by atoms with Crippen molar-refractivity contribution in [1.29, 1.82) is 0 Å². The van der Waals surface area contributed by atoms with Gasteiger partial charge >= 0.3 is 0 Å². The first kappa shape index (κ1) is 14.4. The molecule has 5 heteroatoms. The molecule has 1 rings (SSSR count). The van der Waals surface area contributed by atoms with Crippen LogP contribution in [0, 0.1) is 6.92 Å². The molecule has 0 bridgehead atoms. The molecule has 3 nitrogen and oxygen atoms in total. The molecule has 2 N–H and O–H groups in total. The van der Waals surface area contributed by atoms with E-state index in [9.17, 15) is 4.79 Å². The van der Waals surface area contributed by atoms with Gasteiger partial charge < -0.3 is 10.6 Å². The second-order valence-electron chi connectivity index (χ2n) is 3.12. The standard InChI is InChI=1S/C10H16N2OS.ClH/c1-8-4-5-9(14-8)10(13)12-7-3-6-11-2;/h4-5,11H,3,6-7H2,1-2H3,(H,12,13);1H. The lowest BCUT2D eigenvalue weighted by atomic mass is 10.4. The van der Waals surface area contributed by atoms with Crippen molar-refractivity contribution >= 4 is 29.7 Å². The second kappa shape index (κ2) is 7.68. The molecule has 0 saturated carbocycles. The van der Waals surface area contributed by atoms with Crippen LogP contribution in [0.3, 0.4) is 0 Å². The van der Waals surface area contributed by atoms with Crippen LogP contribution < -0.4 is 10.6 Å². The maximum atomic E-state index is 11.5. The summed E-state index contributed by atoms with van der Waals surface area (Å²) in [5.41, 5.74) is 0. The van der Waals surface area contributed by atoms with Gasteiger partial charge in [-0.15, -0.1) is 23.7 Å². The molecular weight excluding hydrogens is 232 g/mol.